The van der Waals surface area contributed by atoms with Crippen LogP contribution in [0.2, 0.25) is 10.2 Å². The van der Waals surface area contributed by atoms with E-state index in [1.54, 1.807) is 48.5 Å². The number of benzene rings is 2. The summed E-state index contributed by atoms with van der Waals surface area (Å²) in [6.07, 6.45) is 3.02. The van der Waals surface area contributed by atoms with E-state index in [2.05, 4.69) is 41.1 Å². The van der Waals surface area contributed by atoms with Crippen molar-refractivity contribution in [2.75, 3.05) is 12.4 Å². The number of nitrogens with zero attached hydrogens (tertiary/aromatic N) is 6. The molecule has 0 saturated carbocycles. The number of tetrazole rings is 1. The molecule has 1 unspecified atom stereocenters. The first-order valence-electron chi connectivity index (χ1n) is 11.5. The largest absolute Gasteiger partial charge is 0.481 e. The van der Waals surface area contributed by atoms with Crippen LogP contribution in [0.4, 0.5) is 10.5 Å². The second-order valence-corrected chi connectivity index (χ2v) is 8.91. The average Bonchev–Trinajstić information content (AvgIpc) is 3.47. The Morgan fingerprint density at radius 2 is 1.88 bits per heavy atom. The number of hydrogen-bond acceptors (Lipinski definition) is 9. The number of methoxy groups -OCH3 is 1. The highest BCUT2D eigenvalue weighted by molar-refractivity contribution is 6.31. The molecule has 13 nitrogen and oxygen atoms in total. The highest BCUT2D eigenvalue weighted by Gasteiger charge is 2.22. The number of amides is 2. The minimum absolute atomic E-state index is 0.0703. The van der Waals surface area contributed by atoms with E-state index < -0.39 is 30.4 Å². The molecule has 4 rings (SSSR count). The molecule has 2 amide bonds. The fraction of sp³-hybridized carbons (Fsp3) is 0.120. The topological polar surface area (TPSA) is 174 Å². The van der Waals surface area contributed by atoms with Crippen molar-refractivity contribution in [3.05, 3.63) is 82.2 Å². The number of halogens is 2. The molecule has 0 spiro atoms. The molecule has 0 aliphatic carbocycles. The number of rotatable bonds is 9. The van der Waals surface area contributed by atoms with Crippen LogP contribution < -0.4 is 10.6 Å². The summed E-state index contributed by atoms with van der Waals surface area (Å²) >= 11 is 12.4. The zero-order valence-electron chi connectivity index (χ0n) is 20.7. The van der Waals surface area contributed by atoms with Gasteiger partial charge in [-0.25, -0.2) is 4.79 Å². The SMILES string of the molecule is COC(=O)Nc1ccc(-c2cc(C(CC(=O)O)NC(=O)/C=C/c3cc(Cl)ccc3-n3cnnn3)c(Cl)nn2)cc1. The summed E-state index contributed by atoms with van der Waals surface area (Å²) in [5, 5.41) is 34.2. The van der Waals surface area contributed by atoms with Gasteiger partial charge in [0.25, 0.3) is 0 Å². The number of carboxylic acids is 1. The summed E-state index contributed by atoms with van der Waals surface area (Å²) in [6, 6.07) is 12.1. The molecule has 0 saturated heterocycles. The monoisotopic (exact) mass is 582 g/mol. The number of nitrogens with one attached hydrogen (secondary N) is 2. The van der Waals surface area contributed by atoms with Crippen LogP contribution >= 0.6 is 23.2 Å². The summed E-state index contributed by atoms with van der Waals surface area (Å²) in [5.74, 6) is -1.76. The molecule has 3 N–H and O–H groups in total. The molecule has 1 atom stereocenters. The van der Waals surface area contributed by atoms with Crippen LogP contribution in [-0.4, -0.2) is 60.6 Å². The summed E-state index contributed by atoms with van der Waals surface area (Å²) in [4.78, 5) is 35.9. The van der Waals surface area contributed by atoms with E-state index in [1.165, 1.54) is 30.3 Å². The van der Waals surface area contributed by atoms with Gasteiger partial charge in [0, 0.05) is 33.5 Å². The lowest BCUT2D eigenvalue weighted by atomic mass is 10.0. The van der Waals surface area contributed by atoms with Crippen molar-refractivity contribution in [1.29, 1.82) is 0 Å². The number of aliphatic carboxylic acids is 1. The highest BCUT2D eigenvalue weighted by atomic mass is 35.5. The number of anilines is 1. The minimum atomic E-state index is -1.17. The van der Waals surface area contributed by atoms with E-state index in [0.29, 0.717) is 33.2 Å². The van der Waals surface area contributed by atoms with Crippen molar-refractivity contribution < 1.29 is 24.2 Å². The number of hydrogen-bond donors (Lipinski definition) is 3. The number of carbonyl (C=O) groups excluding carboxylic acids is 2. The standard InChI is InChI=1S/C25H20Cl2N8O5/c1-40-25(39)29-17-6-2-14(3-7-17)19-11-18(24(27)32-31-19)20(12-23(37)38)30-22(36)9-4-15-10-16(26)5-8-21(15)35-13-28-33-34-35/h2-11,13,20H,12H2,1H3,(H,29,39)(H,30,36)(H,37,38)/b9-4+. The van der Waals surface area contributed by atoms with Crippen molar-refractivity contribution in [3.63, 3.8) is 0 Å². The van der Waals surface area contributed by atoms with Gasteiger partial charge in [0.05, 0.1) is 31.0 Å². The molecule has 0 aliphatic rings. The van der Waals surface area contributed by atoms with Crippen LogP contribution in [-0.2, 0) is 14.3 Å². The van der Waals surface area contributed by atoms with Crippen molar-refractivity contribution in [1.82, 2.24) is 35.7 Å². The molecule has 2 aromatic heterocycles. The van der Waals surface area contributed by atoms with Gasteiger partial charge >= 0.3 is 12.1 Å². The third kappa shape index (κ3) is 7.15. The number of carbonyl (C=O) groups is 3. The summed E-state index contributed by atoms with van der Waals surface area (Å²) in [5.41, 5.74) is 2.83. The quantitative estimate of drug-likeness (QED) is 0.245. The maximum Gasteiger partial charge on any atom is 0.411 e. The lowest BCUT2D eigenvalue weighted by Gasteiger charge is -2.18. The van der Waals surface area contributed by atoms with Crippen LogP contribution in [0.1, 0.15) is 23.6 Å². The van der Waals surface area contributed by atoms with E-state index in [1.807, 2.05) is 0 Å². The molecule has 40 heavy (non-hydrogen) atoms. The van der Waals surface area contributed by atoms with Gasteiger partial charge in [-0.1, -0.05) is 35.3 Å². The highest BCUT2D eigenvalue weighted by Crippen LogP contribution is 2.28. The van der Waals surface area contributed by atoms with E-state index in [9.17, 15) is 19.5 Å². The van der Waals surface area contributed by atoms with Gasteiger partial charge in [0.2, 0.25) is 5.91 Å². The van der Waals surface area contributed by atoms with E-state index in [0.717, 1.165) is 0 Å². The van der Waals surface area contributed by atoms with Crippen LogP contribution in [0.15, 0.2) is 60.9 Å². The normalized spacial score (nSPS) is 11.7. The fourth-order valence-corrected chi connectivity index (χ4v) is 4.01. The minimum Gasteiger partial charge on any atom is -0.481 e. The van der Waals surface area contributed by atoms with Crippen molar-refractivity contribution in [2.24, 2.45) is 0 Å². The third-order valence-electron chi connectivity index (χ3n) is 5.46. The summed E-state index contributed by atoms with van der Waals surface area (Å²) in [7, 11) is 1.25. The van der Waals surface area contributed by atoms with Crippen LogP contribution in [0.5, 0.6) is 0 Å². The predicted octanol–water partition coefficient (Wildman–Crippen LogP) is 3.95. The van der Waals surface area contributed by atoms with E-state index in [-0.39, 0.29) is 10.7 Å². The van der Waals surface area contributed by atoms with Crippen molar-refractivity contribution in [3.8, 4) is 16.9 Å². The van der Waals surface area contributed by atoms with Gasteiger partial charge < -0.3 is 15.2 Å². The average molecular weight is 583 g/mol. The Labute approximate surface area is 236 Å². The van der Waals surface area contributed by atoms with Gasteiger partial charge in [0.1, 0.15) is 6.33 Å². The van der Waals surface area contributed by atoms with Crippen molar-refractivity contribution in [2.45, 2.75) is 12.5 Å². The summed E-state index contributed by atoms with van der Waals surface area (Å²) < 4.78 is 5.97. The van der Waals surface area contributed by atoms with Gasteiger partial charge in [-0.05, 0) is 52.9 Å². The van der Waals surface area contributed by atoms with Gasteiger partial charge in [-0.3, -0.25) is 14.9 Å². The number of ether oxygens (including phenoxy) is 1. The first kappa shape index (κ1) is 28.1. The molecule has 0 fully saturated rings. The van der Waals surface area contributed by atoms with Crippen LogP contribution in [0, 0.1) is 0 Å². The lowest BCUT2D eigenvalue weighted by molar-refractivity contribution is -0.137. The predicted molar refractivity (Wildman–Crippen MR) is 145 cm³/mol. The van der Waals surface area contributed by atoms with Crippen molar-refractivity contribution >= 4 is 52.9 Å². The molecule has 0 bridgehead atoms. The van der Waals surface area contributed by atoms with E-state index in [4.69, 9.17) is 23.2 Å². The Morgan fingerprint density at radius 1 is 1.10 bits per heavy atom. The molecule has 2 aromatic carbocycles. The zero-order chi connectivity index (χ0) is 28.6. The number of aromatic nitrogens is 6. The zero-order valence-corrected chi connectivity index (χ0v) is 22.2. The van der Waals surface area contributed by atoms with Crippen LogP contribution in [0.25, 0.3) is 23.0 Å². The Morgan fingerprint density at radius 3 is 2.55 bits per heavy atom. The molecule has 15 heteroatoms. The molecule has 0 aliphatic heterocycles. The second kappa shape index (κ2) is 12.8. The Kier molecular flexibility index (Phi) is 8.99. The van der Waals surface area contributed by atoms with Crippen LogP contribution in [0.3, 0.4) is 0 Å². The van der Waals surface area contributed by atoms with E-state index >= 15 is 0 Å². The van der Waals surface area contributed by atoms with Gasteiger partial charge in [0.15, 0.2) is 5.15 Å². The first-order chi connectivity index (χ1) is 19.2. The fourth-order valence-electron chi connectivity index (χ4n) is 3.61. The Balaban J connectivity index is 1.57. The molecule has 2 heterocycles. The lowest BCUT2D eigenvalue weighted by Crippen LogP contribution is -2.29. The van der Waals surface area contributed by atoms with Gasteiger partial charge in [-0.2, -0.15) is 4.68 Å². The molecular formula is C25H20Cl2N8O5. The molecular weight excluding hydrogens is 563 g/mol. The Hall–Kier alpha value is -4.88. The first-order valence-corrected chi connectivity index (χ1v) is 12.2. The maximum absolute atomic E-state index is 12.9. The Bertz CT molecular complexity index is 1560. The third-order valence-corrected chi connectivity index (χ3v) is 5.99. The summed E-state index contributed by atoms with van der Waals surface area (Å²) in [6.45, 7) is 0. The molecule has 204 valence electrons. The number of carboxylic acid groups (broad SMARTS) is 1. The molecule has 0 radical (unpaired) electrons. The smallest absolute Gasteiger partial charge is 0.411 e. The molecule has 4 aromatic rings. The second-order valence-electron chi connectivity index (χ2n) is 8.12. The van der Waals surface area contributed by atoms with Gasteiger partial charge in [-0.15, -0.1) is 15.3 Å². The maximum atomic E-state index is 12.9.